The molecule has 114 valence electrons. The molecule has 21 heavy (non-hydrogen) atoms. The lowest BCUT2D eigenvalue weighted by Crippen LogP contribution is -2.41. The predicted octanol–water partition coefficient (Wildman–Crippen LogP) is 2.57. The Balaban J connectivity index is 2.06. The number of aryl methyl sites for hydroxylation is 2. The Labute approximate surface area is 126 Å². The maximum Gasteiger partial charge on any atom is 0.249 e. The number of rotatable bonds is 4. The third-order valence-electron chi connectivity index (χ3n) is 3.65. The fraction of sp³-hybridized carbons (Fsp3) is 0.529. The summed E-state index contributed by atoms with van der Waals surface area (Å²) in [5.41, 5.74) is 3.22. The quantitative estimate of drug-likeness (QED) is 0.925. The van der Waals surface area contributed by atoms with E-state index in [0.29, 0.717) is 25.3 Å². The Morgan fingerprint density at radius 1 is 1.29 bits per heavy atom. The molecule has 1 aromatic carbocycles. The Kier molecular flexibility index (Phi) is 4.66. The number of hydrogen-bond acceptors (Lipinski definition) is 2. The van der Waals surface area contributed by atoms with E-state index >= 15 is 0 Å². The minimum atomic E-state index is -0.378. The molecule has 1 atom stereocenters. The monoisotopic (exact) mass is 288 g/mol. The highest BCUT2D eigenvalue weighted by Gasteiger charge is 2.33. The van der Waals surface area contributed by atoms with Gasteiger partial charge >= 0.3 is 0 Å². The van der Waals surface area contributed by atoms with Crippen molar-refractivity contribution in [2.75, 3.05) is 11.4 Å². The molecule has 1 heterocycles. The molecule has 1 saturated heterocycles. The first-order chi connectivity index (χ1) is 9.86. The van der Waals surface area contributed by atoms with E-state index in [0.717, 1.165) is 16.8 Å². The van der Waals surface area contributed by atoms with Crippen LogP contribution >= 0.6 is 0 Å². The number of nitrogens with zero attached hydrogens (tertiary/aromatic N) is 1. The van der Waals surface area contributed by atoms with E-state index in [-0.39, 0.29) is 17.9 Å². The SMILES string of the molecule is Cc1cc(C)cc(N2CC[C@H](NC(=O)CC(C)C)C2=O)c1. The molecule has 2 amide bonds. The van der Waals surface area contributed by atoms with Crippen LogP contribution in [0.25, 0.3) is 0 Å². The van der Waals surface area contributed by atoms with E-state index in [2.05, 4.69) is 11.4 Å². The lowest BCUT2D eigenvalue weighted by molar-refractivity contribution is -0.126. The van der Waals surface area contributed by atoms with Gasteiger partial charge in [-0.3, -0.25) is 9.59 Å². The maximum atomic E-state index is 12.5. The van der Waals surface area contributed by atoms with Crippen LogP contribution in [-0.4, -0.2) is 24.4 Å². The van der Waals surface area contributed by atoms with E-state index in [9.17, 15) is 9.59 Å². The molecule has 0 saturated carbocycles. The molecule has 2 rings (SSSR count). The van der Waals surface area contributed by atoms with Crippen molar-refractivity contribution in [3.8, 4) is 0 Å². The lowest BCUT2D eigenvalue weighted by Gasteiger charge is -2.18. The maximum absolute atomic E-state index is 12.5. The van der Waals surface area contributed by atoms with E-state index in [1.807, 2.05) is 39.8 Å². The van der Waals surface area contributed by atoms with Gasteiger partial charge in [-0.25, -0.2) is 0 Å². The first kappa shape index (κ1) is 15.5. The van der Waals surface area contributed by atoms with Crippen LogP contribution in [0.4, 0.5) is 5.69 Å². The van der Waals surface area contributed by atoms with Crippen LogP contribution < -0.4 is 10.2 Å². The normalized spacial score (nSPS) is 18.4. The molecule has 0 aliphatic carbocycles. The Hall–Kier alpha value is -1.84. The van der Waals surface area contributed by atoms with Crippen LogP contribution in [0.1, 0.15) is 37.8 Å². The summed E-state index contributed by atoms with van der Waals surface area (Å²) in [7, 11) is 0. The van der Waals surface area contributed by atoms with Gasteiger partial charge in [0.25, 0.3) is 0 Å². The average molecular weight is 288 g/mol. The van der Waals surface area contributed by atoms with Crippen LogP contribution in [0.15, 0.2) is 18.2 Å². The molecule has 1 N–H and O–H groups in total. The van der Waals surface area contributed by atoms with Gasteiger partial charge in [-0.2, -0.15) is 0 Å². The number of anilines is 1. The van der Waals surface area contributed by atoms with Crippen LogP contribution in [0.3, 0.4) is 0 Å². The second kappa shape index (κ2) is 6.29. The van der Waals surface area contributed by atoms with Gasteiger partial charge in [-0.1, -0.05) is 19.9 Å². The van der Waals surface area contributed by atoms with Crippen molar-refractivity contribution in [1.29, 1.82) is 0 Å². The van der Waals surface area contributed by atoms with Crippen molar-refractivity contribution < 1.29 is 9.59 Å². The highest BCUT2D eigenvalue weighted by molar-refractivity contribution is 6.01. The second-order valence-corrected chi connectivity index (χ2v) is 6.34. The van der Waals surface area contributed by atoms with Crippen molar-refractivity contribution in [3.63, 3.8) is 0 Å². The standard InChI is InChI=1S/C17H24N2O2/c1-11(2)7-16(20)18-15-5-6-19(17(15)21)14-9-12(3)8-13(4)10-14/h8-11,15H,5-7H2,1-4H3,(H,18,20)/t15-/m0/s1. The molecule has 1 fully saturated rings. The van der Waals surface area contributed by atoms with E-state index in [4.69, 9.17) is 0 Å². The van der Waals surface area contributed by atoms with Crippen molar-refractivity contribution in [2.24, 2.45) is 5.92 Å². The van der Waals surface area contributed by atoms with Crippen molar-refractivity contribution in [3.05, 3.63) is 29.3 Å². The topological polar surface area (TPSA) is 49.4 Å². The van der Waals surface area contributed by atoms with Crippen LogP contribution in [0.5, 0.6) is 0 Å². The van der Waals surface area contributed by atoms with E-state index in [1.54, 1.807) is 4.90 Å². The second-order valence-electron chi connectivity index (χ2n) is 6.34. The van der Waals surface area contributed by atoms with Crippen molar-refractivity contribution in [2.45, 2.75) is 46.6 Å². The zero-order valence-electron chi connectivity index (χ0n) is 13.3. The fourth-order valence-corrected chi connectivity index (χ4v) is 2.80. The molecule has 0 unspecified atom stereocenters. The molecule has 0 radical (unpaired) electrons. The molecule has 4 heteroatoms. The smallest absolute Gasteiger partial charge is 0.249 e. The highest BCUT2D eigenvalue weighted by Crippen LogP contribution is 2.24. The summed E-state index contributed by atoms with van der Waals surface area (Å²) in [5.74, 6) is 0.264. The number of carbonyl (C=O) groups excluding carboxylic acids is 2. The highest BCUT2D eigenvalue weighted by atomic mass is 16.2. The van der Waals surface area contributed by atoms with Crippen LogP contribution in [0.2, 0.25) is 0 Å². The molecule has 1 aliphatic heterocycles. The molecule has 1 aliphatic rings. The zero-order valence-corrected chi connectivity index (χ0v) is 13.3. The number of amides is 2. The summed E-state index contributed by atoms with van der Waals surface area (Å²) >= 11 is 0. The van der Waals surface area contributed by atoms with Gasteiger partial charge < -0.3 is 10.2 Å². The van der Waals surface area contributed by atoms with Crippen LogP contribution in [-0.2, 0) is 9.59 Å². The summed E-state index contributed by atoms with van der Waals surface area (Å²) in [6.45, 7) is 8.71. The fourth-order valence-electron chi connectivity index (χ4n) is 2.80. The molecule has 4 nitrogen and oxygen atoms in total. The van der Waals surface area contributed by atoms with Gasteiger partial charge in [0.2, 0.25) is 11.8 Å². The summed E-state index contributed by atoms with van der Waals surface area (Å²) < 4.78 is 0. The van der Waals surface area contributed by atoms with E-state index in [1.165, 1.54) is 0 Å². The summed E-state index contributed by atoms with van der Waals surface area (Å²) in [6, 6.07) is 5.75. The molecule has 0 bridgehead atoms. The molecule has 0 aromatic heterocycles. The van der Waals surface area contributed by atoms with Gasteiger partial charge in [0.1, 0.15) is 6.04 Å². The summed E-state index contributed by atoms with van der Waals surface area (Å²) in [4.78, 5) is 26.1. The van der Waals surface area contributed by atoms with Gasteiger partial charge in [0.15, 0.2) is 0 Å². The van der Waals surface area contributed by atoms with Crippen LogP contribution in [0, 0.1) is 19.8 Å². The molecular weight excluding hydrogens is 264 g/mol. The Bertz CT molecular complexity index is 531. The Morgan fingerprint density at radius 2 is 1.90 bits per heavy atom. The third-order valence-corrected chi connectivity index (χ3v) is 3.65. The lowest BCUT2D eigenvalue weighted by atomic mass is 10.1. The minimum Gasteiger partial charge on any atom is -0.344 e. The number of nitrogens with one attached hydrogen (secondary N) is 1. The number of carbonyl (C=O) groups is 2. The minimum absolute atomic E-state index is 0.00268. The largest absolute Gasteiger partial charge is 0.344 e. The molecule has 0 spiro atoms. The number of hydrogen-bond donors (Lipinski definition) is 1. The summed E-state index contributed by atoms with van der Waals surface area (Å²) in [5, 5.41) is 2.86. The first-order valence-corrected chi connectivity index (χ1v) is 7.56. The van der Waals surface area contributed by atoms with Gasteiger partial charge in [0.05, 0.1) is 0 Å². The predicted molar refractivity (Wildman–Crippen MR) is 84.3 cm³/mol. The van der Waals surface area contributed by atoms with Crippen molar-refractivity contribution >= 4 is 17.5 Å². The zero-order chi connectivity index (χ0) is 15.6. The van der Waals surface area contributed by atoms with Crippen molar-refractivity contribution in [1.82, 2.24) is 5.32 Å². The van der Waals surface area contributed by atoms with E-state index < -0.39 is 0 Å². The molecular formula is C17H24N2O2. The van der Waals surface area contributed by atoms with Gasteiger partial charge in [0, 0.05) is 18.7 Å². The molecule has 1 aromatic rings. The Morgan fingerprint density at radius 3 is 2.48 bits per heavy atom. The van der Waals surface area contributed by atoms with Gasteiger partial charge in [-0.15, -0.1) is 0 Å². The summed E-state index contributed by atoms with van der Waals surface area (Å²) in [6.07, 6.45) is 1.14. The average Bonchev–Trinajstić information content (AvgIpc) is 2.68. The first-order valence-electron chi connectivity index (χ1n) is 7.56. The third kappa shape index (κ3) is 3.84. The van der Waals surface area contributed by atoms with Gasteiger partial charge in [-0.05, 0) is 49.4 Å². The number of benzene rings is 1.